The van der Waals surface area contributed by atoms with Gasteiger partial charge in [0.1, 0.15) is 11.6 Å². The number of nitrogens with one attached hydrogen (secondary N) is 1. The van der Waals surface area contributed by atoms with Gasteiger partial charge in [-0.1, -0.05) is 6.07 Å². The third kappa shape index (κ3) is 4.17. The number of carbonyl (C=O) groups is 1. The second-order valence-corrected chi connectivity index (χ2v) is 8.47. The quantitative estimate of drug-likeness (QED) is 0.573. The first-order valence-corrected chi connectivity index (χ1v) is 10.8. The van der Waals surface area contributed by atoms with Crippen LogP contribution in [0, 0.1) is 11.7 Å². The molecule has 2 aliphatic heterocycles. The largest absolute Gasteiger partial charge is 0.434 e. The highest BCUT2D eigenvalue weighted by Crippen LogP contribution is 2.38. The molecular formula is C23H20F4N6O. The Bertz CT molecular complexity index is 1190. The van der Waals surface area contributed by atoms with Gasteiger partial charge in [-0.15, -0.1) is 0 Å². The maximum absolute atomic E-state index is 14.8. The lowest BCUT2D eigenvalue weighted by molar-refractivity contribution is -0.141. The molecule has 2 bridgehead atoms. The van der Waals surface area contributed by atoms with Crippen molar-refractivity contribution in [2.75, 3.05) is 11.9 Å². The summed E-state index contributed by atoms with van der Waals surface area (Å²) in [7, 11) is 0. The lowest BCUT2D eigenvalue weighted by Gasteiger charge is -2.50. The number of piperidine rings is 2. The van der Waals surface area contributed by atoms with Gasteiger partial charge < -0.3 is 10.2 Å². The van der Waals surface area contributed by atoms with Crippen molar-refractivity contribution in [2.24, 2.45) is 5.92 Å². The summed E-state index contributed by atoms with van der Waals surface area (Å²) in [4.78, 5) is 30.9. The van der Waals surface area contributed by atoms with Crippen LogP contribution in [-0.2, 0) is 6.18 Å². The van der Waals surface area contributed by atoms with Crippen LogP contribution in [-0.4, -0.2) is 49.4 Å². The number of alkyl halides is 3. The minimum atomic E-state index is -4.57. The molecule has 1 aromatic carbocycles. The molecule has 1 aliphatic carbocycles. The van der Waals surface area contributed by atoms with Gasteiger partial charge in [-0.25, -0.2) is 24.3 Å². The van der Waals surface area contributed by atoms with Crippen molar-refractivity contribution in [3.8, 4) is 11.4 Å². The fourth-order valence-electron chi connectivity index (χ4n) is 4.83. The zero-order valence-corrected chi connectivity index (χ0v) is 17.8. The predicted octanol–water partition coefficient (Wildman–Crippen LogP) is 4.20. The number of aromatic nitrogens is 4. The van der Waals surface area contributed by atoms with Crippen molar-refractivity contribution >= 4 is 11.7 Å². The van der Waals surface area contributed by atoms with Crippen LogP contribution >= 0.6 is 0 Å². The zero-order chi connectivity index (χ0) is 23.9. The first-order valence-electron chi connectivity index (χ1n) is 10.8. The molecule has 2 unspecified atom stereocenters. The zero-order valence-electron chi connectivity index (χ0n) is 17.8. The highest BCUT2D eigenvalue weighted by molar-refractivity contribution is 6.00. The van der Waals surface area contributed by atoms with E-state index in [2.05, 4.69) is 25.3 Å². The number of benzene rings is 1. The molecule has 3 fully saturated rings. The molecule has 11 heteroatoms. The summed E-state index contributed by atoms with van der Waals surface area (Å²) in [6.45, 7) is 0.520. The third-order valence-electron chi connectivity index (χ3n) is 6.35. The van der Waals surface area contributed by atoms with Crippen molar-refractivity contribution in [2.45, 2.75) is 37.5 Å². The first-order chi connectivity index (χ1) is 16.3. The Hall–Kier alpha value is -3.63. The Morgan fingerprint density at radius 3 is 2.50 bits per heavy atom. The summed E-state index contributed by atoms with van der Waals surface area (Å²) in [5.41, 5.74) is -0.846. The number of anilines is 1. The Morgan fingerprint density at radius 1 is 1.03 bits per heavy atom. The van der Waals surface area contributed by atoms with E-state index >= 15 is 0 Å². The number of hydrogen-bond acceptors (Lipinski definition) is 6. The van der Waals surface area contributed by atoms with Gasteiger partial charge in [0.25, 0.3) is 5.91 Å². The van der Waals surface area contributed by atoms with E-state index in [1.165, 1.54) is 24.5 Å². The summed E-state index contributed by atoms with van der Waals surface area (Å²) in [6, 6.07) is 5.46. The molecular weight excluding hydrogens is 452 g/mol. The summed E-state index contributed by atoms with van der Waals surface area (Å²) in [5.74, 6) is -0.377. The van der Waals surface area contributed by atoms with E-state index in [9.17, 15) is 22.4 Å². The van der Waals surface area contributed by atoms with Gasteiger partial charge >= 0.3 is 6.18 Å². The molecule has 7 nitrogen and oxygen atoms in total. The number of nitrogens with zero attached hydrogens (tertiary/aromatic N) is 5. The fourth-order valence-corrected chi connectivity index (χ4v) is 4.83. The molecule has 3 aliphatic rings. The van der Waals surface area contributed by atoms with Gasteiger partial charge in [-0.05, 0) is 43.4 Å². The van der Waals surface area contributed by atoms with E-state index in [1.807, 2.05) is 0 Å². The minimum Gasteiger partial charge on any atom is -0.364 e. The molecule has 3 atom stereocenters. The monoisotopic (exact) mass is 472 g/mol. The number of fused-ring (bicyclic) bond motifs is 3. The molecule has 1 N–H and O–H groups in total. The second-order valence-electron chi connectivity index (χ2n) is 8.47. The summed E-state index contributed by atoms with van der Waals surface area (Å²) < 4.78 is 53.1. The minimum absolute atomic E-state index is 0.0488. The van der Waals surface area contributed by atoms with E-state index in [4.69, 9.17) is 0 Å². The van der Waals surface area contributed by atoms with E-state index in [1.54, 1.807) is 17.0 Å². The molecule has 1 amide bonds. The molecule has 2 aromatic heterocycles. The number of carbonyl (C=O) groups excluding carboxylic acids is 1. The molecule has 4 heterocycles. The molecule has 2 saturated heterocycles. The Balaban J connectivity index is 1.40. The number of hydrogen-bond donors (Lipinski definition) is 1. The Kier molecular flexibility index (Phi) is 5.62. The standard InChI is InChI=1S/C23H20F4N6O/c24-15-4-1-3-14(20(15)21-28-7-2-8-29-21)22(34)33-12-13-5-6-17(33)16(9-13)32-19-11-30-18(10-31-19)23(25,26)27/h1-4,7-8,10-11,13,16-17H,5-6,9,12H2,(H,31,32)/t13?,16?,17-/m1/s1. The Labute approximate surface area is 192 Å². The molecule has 34 heavy (non-hydrogen) atoms. The van der Waals surface area contributed by atoms with Gasteiger partial charge in [-0.2, -0.15) is 13.2 Å². The van der Waals surface area contributed by atoms with Crippen molar-refractivity contribution < 1.29 is 22.4 Å². The third-order valence-corrected chi connectivity index (χ3v) is 6.35. The van der Waals surface area contributed by atoms with Crippen LogP contribution in [0.3, 0.4) is 0 Å². The highest BCUT2D eigenvalue weighted by Gasteiger charge is 2.44. The van der Waals surface area contributed by atoms with E-state index < -0.39 is 17.7 Å². The van der Waals surface area contributed by atoms with Gasteiger partial charge in [-0.3, -0.25) is 4.79 Å². The molecule has 0 spiro atoms. The first kappa shape index (κ1) is 22.2. The Morgan fingerprint density at radius 2 is 1.82 bits per heavy atom. The van der Waals surface area contributed by atoms with Gasteiger partial charge in [0, 0.05) is 25.0 Å². The van der Waals surface area contributed by atoms with Crippen molar-refractivity contribution in [3.05, 3.63) is 66.1 Å². The van der Waals surface area contributed by atoms with Crippen LogP contribution in [0.15, 0.2) is 49.1 Å². The topological polar surface area (TPSA) is 83.9 Å². The lowest BCUT2D eigenvalue weighted by atomic mass is 9.76. The van der Waals surface area contributed by atoms with Crippen LogP contribution in [0.5, 0.6) is 0 Å². The van der Waals surface area contributed by atoms with E-state index in [-0.39, 0.29) is 46.7 Å². The van der Waals surface area contributed by atoms with Gasteiger partial charge in [0.05, 0.1) is 29.6 Å². The van der Waals surface area contributed by atoms with Crippen molar-refractivity contribution in [1.29, 1.82) is 0 Å². The number of halogens is 4. The maximum Gasteiger partial charge on any atom is 0.434 e. The SMILES string of the molecule is O=C(c1cccc(F)c1-c1ncccn1)N1CC2CC[C@@H]1C(Nc1cnc(C(F)(F)F)cn1)C2. The fraction of sp³-hybridized carbons (Fsp3) is 0.348. The number of amides is 1. The lowest BCUT2D eigenvalue weighted by Crippen LogP contribution is -2.59. The summed E-state index contributed by atoms with van der Waals surface area (Å²) >= 11 is 0. The molecule has 176 valence electrons. The molecule has 1 saturated carbocycles. The van der Waals surface area contributed by atoms with E-state index in [0.717, 1.165) is 19.0 Å². The number of rotatable bonds is 4. The van der Waals surface area contributed by atoms with E-state index in [0.29, 0.717) is 19.2 Å². The summed E-state index contributed by atoms with van der Waals surface area (Å²) in [6.07, 6.45) is 2.53. The van der Waals surface area contributed by atoms with Gasteiger partial charge in [0.15, 0.2) is 11.5 Å². The predicted molar refractivity (Wildman–Crippen MR) is 114 cm³/mol. The normalized spacial score (nSPS) is 22.0. The van der Waals surface area contributed by atoms with Crippen LogP contribution < -0.4 is 5.32 Å². The van der Waals surface area contributed by atoms with Crippen molar-refractivity contribution in [3.63, 3.8) is 0 Å². The average molecular weight is 472 g/mol. The molecule has 0 radical (unpaired) electrons. The smallest absolute Gasteiger partial charge is 0.364 e. The highest BCUT2D eigenvalue weighted by atomic mass is 19.4. The summed E-state index contributed by atoms with van der Waals surface area (Å²) in [5, 5.41) is 3.15. The maximum atomic E-state index is 14.8. The van der Waals surface area contributed by atoms with Gasteiger partial charge in [0.2, 0.25) is 0 Å². The van der Waals surface area contributed by atoms with Crippen LogP contribution in [0.4, 0.5) is 23.4 Å². The van der Waals surface area contributed by atoms with Crippen LogP contribution in [0.2, 0.25) is 0 Å². The van der Waals surface area contributed by atoms with Crippen LogP contribution in [0.25, 0.3) is 11.4 Å². The van der Waals surface area contributed by atoms with Crippen LogP contribution in [0.1, 0.15) is 35.3 Å². The van der Waals surface area contributed by atoms with Crippen molar-refractivity contribution in [1.82, 2.24) is 24.8 Å². The molecule has 6 rings (SSSR count). The second kappa shape index (κ2) is 8.62. The average Bonchev–Trinajstić information content (AvgIpc) is 2.84. The molecule has 3 aromatic rings.